The fourth-order valence-electron chi connectivity index (χ4n) is 1.82. The molecule has 0 aliphatic rings. The van der Waals surface area contributed by atoms with Crippen molar-refractivity contribution in [1.82, 2.24) is 0 Å². The summed E-state index contributed by atoms with van der Waals surface area (Å²) in [4.78, 5) is 0. The Morgan fingerprint density at radius 1 is 1.22 bits per heavy atom. The van der Waals surface area contributed by atoms with Gasteiger partial charge in [-0.3, -0.25) is 0 Å². The average molecular weight is 235 g/mol. The van der Waals surface area contributed by atoms with Crippen LogP contribution in [0.4, 0.5) is 5.69 Å². The van der Waals surface area contributed by atoms with Gasteiger partial charge < -0.3 is 5.32 Å². The van der Waals surface area contributed by atoms with Gasteiger partial charge in [-0.15, -0.1) is 0 Å². The lowest BCUT2D eigenvalue weighted by atomic mass is 10.0. The van der Waals surface area contributed by atoms with Crippen molar-refractivity contribution in [2.24, 2.45) is 0 Å². The zero-order valence-electron chi connectivity index (χ0n) is 10.4. The van der Waals surface area contributed by atoms with Gasteiger partial charge in [0, 0.05) is 12.2 Å². The summed E-state index contributed by atoms with van der Waals surface area (Å²) < 4.78 is 0. The SMILES string of the molecule is CC(C#N)c1[c]cccc1NCc1ccccc1. The Morgan fingerprint density at radius 3 is 2.72 bits per heavy atom. The first-order chi connectivity index (χ1) is 8.81. The molecule has 0 aliphatic heterocycles. The van der Waals surface area contributed by atoms with Crippen LogP contribution >= 0.6 is 0 Å². The summed E-state index contributed by atoms with van der Waals surface area (Å²) in [7, 11) is 0. The summed E-state index contributed by atoms with van der Waals surface area (Å²) in [6.07, 6.45) is 0. The van der Waals surface area contributed by atoms with Crippen molar-refractivity contribution in [3.05, 3.63) is 65.7 Å². The summed E-state index contributed by atoms with van der Waals surface area (Å²) in [6.45, 7) is 2.64. The van der Waals surface area contributed by atoms with Crippen molar-refractivity contribution in [2.45, 2.75) is 19.4 Å². The molecule has 1 unspecified atom stereocenters. The van der Waals surface area contributed by atoms with Gasteiger partial charge in [0.05, 0.1) is 12.0 Å². The van der Waals surface area contributed by atoms with Crippen molar-refractivity contribution in [1.29, 1.82) is 5.26 Å². The standard InChI is InChI=1S/C16H15N2/c1-13(11-17)15-9-5-6-10-16(15)18-12-14-7-3-2-4-8-14/h2-8,10,13,18H,12H2,1H3. The fraction of sp³-hybridized carbons (Fsp3) is 0.188. The van der Waals surface area contributed by atoms with Crippen molar-refractivity contribution in [3.8, 4) is 6.07 Å². The molecule has 1 atom stereocenters. The summed E-state index contributed by atoms with van der Waals surface area (Å²) in [5.41, 5.74) is 3.13. The molecule has 89 valence electrons. The van der Waals surface area contributed by atoms with Crippen LogP contribution in [-0.2, 0) is 6.54 Å². The zero-order valence-corrected chi connectivity index (χ0v) is 10.4. The molecule has 0 amide bonds. The smallest absolute Gasteiger partial charge is 0.0710 e. The summed E-state index contributed by atoms with van der Waals surface area (Å²) in [5, 5.41) is 12.4. The van der Waals surface area contributed by atoms with Crippen LogP contribution in [0.3, 0.4) is 0 Å². The van der Waals surface area contributed by atoms with Gasteiger partial charge in [-0.25, -0.2) is 0 Å². The first-order valence-corrected chi connectivity index (χ1v) is 5.99. The second-order valence-electron chi connectivity index (χ2n) is 4.19. The molecule has 2 aromatic carbocycles. The topological polar surface area (TPSA) is 35.8 Å². The second kappa shape index (κ2) is 5.88. The van der Waals surface area contributed by atoms with Crippen molar-refractivity contribution >= 4 is 5.69 Å². The minimum atomic E-state index is -0.149. The van der Waals surface area contributed by atoms with Crippen LogP contribution in [0.5, 0.6) is 0 Å². The third kappa shape index (κ3) is 2.89. The van der Waals surface area contributed by atoms with Gasteiger partial charge in [-0.1, -0.05) is 42.5 Å². The fourth-order valence-corrected chi connectivity index (χ4v) is 1.82. The molecule has 0 saturated carbocycles. The van der Waals surface area contributed by atoms with E-state index in [-0.39, 0.29) is 5.92 Å². The number of anilines is 1. The Balaban J connectivity index is 2.13. The molecular weight excluding hydrogens is 220 g/mol. The normalized spacial score (nSPS) is 11.6. The third-order valence-corrected chi connectivity index (χ3v) is 2.84. The van der Waals surface area contributed by atoms with E-state index in [1.54, 1.807) is 0 Å². The Hall–Kier alpha value is -2.27. The highest BCUT2D eigenvalue weighted by Gasteiger charge is 2.08. The molecule has 1 radical (unpaired) electrons. The Kier molecular flexibility index (Phi) is 3.98. The summed E-state index contributed by atoms with van der Waals surface area (Å²) in [5.74, 6) is -0.149. The number of hydrogen-bond acceptors (Lipinski definition) is 2. The van der Waals surface area contributed by atoms with E-state index >= 15 is 0 Å². The van der Waals surface area contributed by atoms with Crippen molar-refractivity contribution in [3.63, 3.8) is 0 Å². The van der Waals surface area contributed by atoms with E-state index in [2.05, 4.69) is 29.6 Å². The highest BCUT2D eigenvalue weighted by molar-refractivity contribution is 5.53. The van der Waals surface area contributed by atoms with Gasteiger partial charge in [0.15, 0.2) is 0 Å². The maximum Gasteiger partial charge on any atom is 0.0710 e. The molecule has 0 spiro atoms. The Bertz CT molecular complexity index is 541. The van der Waals surface area contributed by atoms with Gasteiger partial charge in [0.2, 0.25) is 0 Å². The molecule has 0 aromatic heterocycles. The quantitative estimate of drug-likeness (QED) is 0.876. The lowest BCUT2D eigenvalue weighted by Crippen LogP contribution is -2.03. The minimum absolute atomic E-state index is 0.149. The summed E-state index contributed by atoms with van der Waals surface area (Å²) in [6, 6.07) is 21.3. The zero-order chi connectivity index (χ0) is 12.8. The van der Waals surface area contributed by atoms with Crippen molar-refractivity contribution < 1.29 is 0 Å². The Labute approximate surface area is 108 Å². The number of rotatable bonds is 4. The van der Waals surface area contributed by atoms with Gasteiger partial charge in [-0.05, 0) is 30.2 Å². The van der Waals surface area contributed by atoms with E-state index < -0.39 is 0 Å². The van der Waals surface area contributed by atoms with Crippen LogP contribution in [0.25, 0.3) is 0 Å². The molecule has 0 fully saturated rings. The van der Waals surface area contributed by atoms with Crippen LogP contribution in [0.2, 0.25) is 0 Å². The first-order valence-electron chi connectivity index (χ1n) is 5.99. The van der Waals surface area contributed by atoms with E-state index in [4.69, 9.17) is 5.26 Å². The van der Waals surface area contributed by atoms with Crippen LogP contribution in [-0.4, -0.2) is 0 Å². The third-order valence-electron chi connectivity index (χ3n) is 2.84. The van der Waals surface area contributed by atoms with Crippen molar-refractivity contribution in [2.75, 3.05) is 5.32 Å². The number of hydrogen-bond donors (Lipinski definition) is 1. The molecule has 18 heavy (non-hydrogen) atoms. The van der Waals surface area contributed by atoms with Gasteiger partial charge in [0.25, 0.3) is 0 Å². The molecule has 0 bridgehead atoms. The molecule has 2 rings (SSSR count). The monoisotopic (exact) mass is 235 g/mol. The van der Waals surface area contributed by atoms with E-state index in [9.17, 15) is 0 Å². The average Bonchev–Trinajstić information content (AvgIpc) is 2.45. The number of benzene rings is 2. The largest absolute Gasteiger partial charge is 0.381 e. The molecule has 0 saturated heterocycles. The molecule has 2 nitrogen and oxygen atoms in total. The Morgan fingerprint density at radius 2 is 2.00 bits per heavy atom. The molecule has 0 heterocycles. The summed E-state index contributed by atoms with van der Waals surface area (Å²) >= 11 is 0. The van der Waals surface area contributed by atoms with Gasteiger partial charge in [0.1, 0.15) is 0 Å². The van der Waals surface area contributed by atoms with E-state index in [1.807, 2.05) is 43.3 Å². The molecular formula is C16H15N2. The predicted molar refractivity (Wildman–Crippen MR) is 73.1 cm³/mol. The lowest BCUT2D eigenvalue weighted by molar-refractivity contribution is 0.972. The van der Waals surface area contributed by atoms with Crippen LogP contribution < -0.4 is 5.32 Å². The predicted octanol–water partition coefficient (Wildman–Crippen LogP) is 3.73. The number of nitriles is 1. The molecule has 0 aliphatic carbocycles. The van der Waals surface area contributed by atoms with Crippen LogP contribution in [0.15, 0.2) is 48.5 Å². The van der Waals surface area contributed by atoms with E-state index in [1.165, 1.54) is 5.56 Å². The van der Waals surface area contributed by atoms with E-state index in [0.717, 1.165) is 17.8 Å². The first kappa shape index (κ1) is 12.2. The number of nitrogens with zero attached hydrogens (tertiary/aromatic N) is 1. The van der Waals surface area contributed by atoms with Crippen LogP contribution in [0.1, 0.15) is 24.0 Å². The molecule has 1 N–H and O–H groups in total. The van der Waals surface area contributed by atoms with E-state index in [0.29, 0.717) is 0 Å². The minimum Gasteiger partial charge on any atom is -0.381 e. The second-order valence-corrected chi connectivity index (χ2v) is 4.19. The number of nitrogens with one attached hydrogen (secondary N) is 1. The molecule has 2 heteroatoms. The lowest BCUT2D eigenvalue weighted by Gasteiger charge is -2.12. The maximum absolute atomic E-state index is 9.00. The van der Waals surface area contributed by atoms with Crippen LogP contribution in [0, 0.1) is 17.4 Å². The molecule has 2 aromatic rings. The highest BCUT2D eigenvalue weighted by atomic mass is 14.9. The highest BCUT2D eigenvalue weighted by Crippen LogP contribution is 2.23. The maximum atomic E-state index is 9.00. The van der Waals surface area contributed by atoms with Gasteiger partial charge >= 0.3 is 0 Å². The van der Waals surface area contributed by atoms with Gasteiger partial charge in [-0.2, -0.15) is 5.26 Å².